The van der Waals surface area contributed by atoms with E-state index in [2.05, 4.69) is 27.7 Å². The Morgan fingerprint density at radius 1 is 1.38 bits per heavy atom. The molecule has 2 aromatic rings. The van der Waals surface area contributed by atoms with Crippen molar-refractivity contribution in [2.45, 2.75) is 6.04 Å². The molecule has 0 spiro atoms. The van der Waals surface area contributed by atoms with Crippen molar-refractivity contribution in [2.75, 3.05) is 0 Å². The van der Waals surface area contributed by atoms with Crippen LogP contribution in [0.1, 0.15) is 17.3 Å². The Balaban J connectivity index is 2.39. The van der Waals surface area contributed by atoms with E-state index in [9.17, 15) is 0 Å². The lowest BCUT2D eigenvalue weighted by molar-refractivity contribution is 0.673. The molecule has 1 aromatic heterocycles. The van der Waals surface area contributed by atoms with Crippen LogP contribution in [0.5, 0.6) is 0 Å². The molecule has 0 radical (unpaired) electrons. The number of aromatic nitrogens is 2. The molecule has 1 aromatic carbocycles. The van der Waals surface area contributed by atoms with Crippen LogP contribution >= 0.6 is 34.2 Å². The predicted octanol–water partition coefficient (Wildman–Crippen LogP) is 2.73. The number of nitrogens with two attached hydrogens (primary N) is 1. The zero-order valence-electron chi connectivity index (χ0n) is 8.69. The Kier molecular flexibility index (Phi) is 3.51. The van der Waals surface area contributed by atoms with Gasteiger partial charge in [0.15, 0.2) is 0 Å². The molecule has 84 valence electrons. The summed E-state index contributed by atoms with van der Waals surface area (Å²) in [5.41, 5.74) is 8.03. The maximum Gasteiger partial charge on any atom is 0.0837 e. The van der Waals surface area contributed by atoms with Gasteiger partial charge in [-0.25, -0.2) is 0 Å². The van der Waals surface area contributed by atoms with Crippen molar-refractivity contribution in [3.05, 3.63) is 50.3 Å². The zero-order chi connectivity index (χ0) is 11.7. The second-order valence-corrected chi connectivity index (χ2v) is 5.18. The van der Waals surface area contributed by atoms with Crippen LogP contribution < -0.4 is 5.73 Å². The van der Waals surface area contributed by atoms with Crippen LogP contribution in [-0.4, -0.2) is 9.78 Å². The fourth-order valence-corrected chi connectivity index (χ4v) is 2.24. The lowest BCUT2D eigenvalue weighted by Gasteiger charge is -2.13. The molecule has 0 aliphatic heterocycles. The van der Waals surface area contributed by atoms with Crippen molar-refractivity contribution in [1.29, 1.82) is 0 Å². The minimum atomic E-state index is -0.239. The maximum absolute atomic E-state index is 6.16. The number of aryl methyl sites for hydroxylation is 1. The van der Waals surface area contributed by atoms with Gasteiger partial charge in [0.2, 0.25) is 0 Å². The van der Waals surface area contributed by atoms with Crippen molar-refractivity contribution in [1.82, 2.24) is 9.78 Å². The van der Waals surface area contributed by atoms with Gasteiger partial charge >= 0.3 is 0 Å². The first-order chi connectivity index (χ1) is 7.59. The average molecular weight is 348 g/mol. The third-order valence-corrected chi connectivity index (χ3v) is 3.47. The van der Waals surface area contributed by atoms with Crippen molar-refractivity contribution in [3.63, 3.8) is 0 Å². The van der Waals surface area contributed by atoms with Crippen LogP contribution in [0.25, 0.3) is 0 Å². The first kappa shape index (κ1) is 11.9. The van der Waals surface area contributed by atoms with E-state index in [-0.39, 0.29) is 6.04 Å². The molecular formula is C11H11ClIN3. The molecule has 0 amide bonds. The van der Waals surface area contributed by atoms with Gasteiger partial charge in [-0.15, -0.1) is 0 Å². The van der Waals surface area contributed by atoms with Crippen LogP contribution in [0, 0.1) is 3.57 Å². The minimum absolute atomic E-state index is 0.239. The fraction of sp³-hybridized carbons (Fsp3) is 0.182. The highest BCUT2D eigenvalue weighted by atomic mass is 127. The molecule has 0 aliphatic carbocycles. The lowest BCUT2D eigenvalue weighted by atomic mass is 10.1. The summed E-state index contributed by atoms with van der Waals surface area (Å²) < 4.78 is 2.90. The quantitative estimate of drug-likeness (QED) is 0.849. The normalized spacial score (nSPS) is 12.8. The summed E-state index contributed by atoms with van der Waals surface area (Å²) >= 11 is 8.32. The molecule has 1 atom stereocenters. The van der Waals surface area contributed by atoms with Crippen molar-refractivity contribution < 1.29 is 0 Å². The summed E-state index contributed by atoms with van der Waals surface area (Å²) in [6.07, 6.45) is 1.61. The topological polar surface area (TPSA) is 43.8 Å². The van der Waals surface area contributed by atoms with Crippen molar-refractivity contribution >= 4 is 34.2 Å². The van der Waals surface area contributed by atoms with Gasteiger partial charge in [-0.3, -0.25) is 4.68 Å². The second-order valence-electron chi connectivity index (χ2n) is 3.53. The van der Waals surface area contributed by atoms with Crippen molar-refractivity contribution in [3.8, 4) is 0 Å². The zero-order valence-corrected chi connectivity index (χ0v) is 11.6. The van der Waals surface area contributed by atoms with Gasteiger partial charge < -0.3 is 5.73 Å². The molecule has 0 saturated carbocycles. The summed E-state index contributed by atoms with van der Waals surface area (Å²) in [6.45, 7) is 0. The van der Waals surface area contributed by atoms with E-state index in [1.807, 2.05) is 31.3 Å². The molecule has 0 aliphatic rings. The molecule has 0 saturated heterocycles. The number of nitrogens with zero attached hydrogens (tertiary/aromatic N) is 2. The molecule has 1 unspecified atom stereocenters. The third kappa shape index (κ3) is 2.23. The van der Waals surface area contributed by atoms with Crippen LogP contribution in [0.3, 0.4) is 0 Å². The van der Waals surface area contributed by atoms with Gasteiger partial charge in [-0.2, -0.15) is 5.10 Å². The number of hydrogen-bond donors (Lipinski definition) is 1. The second kappa shape index (κ2) is 4.73. The molecule has 5 heteroatoms. The van der Waals surface area contributed by atoms with Gasteiger partial charge in [0, 0.05) is 10.6 Å². The van der Waals surface area contributed by atoms with Crippen LogP contribution in [0.2, 0.25) is 5.02 Å². The standard InChI is InChI=1S/C11H11ClIN3/c1-16-11(9(12)6-15-16)10(14)7-2-4-8(13)5-3-7/h2-6,10H,14H2,1H3. The van der Waals surface area contributed by atoms with E-state index in [1.165, 1.54) is 3.57 Å². The smallest absolute Gasteiger partial charge is 0.0837 e. The Bertz CT molecular complexity index is 473. The Hall–Kier alpha value is -0.590. The predicted molar refractivity (Wildman–Crippen MR) is 73.4 cm³/mol. The SMILES string of the molecule is Cn1ncc(Cl)c1C(N)c1ccc(I)cc1. The third-order valence-electron chi connectivity index (χ3n) is 2.46. The highest BCUT2D eigenvalue weighted by molar-refractivity contribution is 14.1. The fourth-order valence-electron chi connectivity index (χ4n) is 1.60. The Morgan fingerprint density at radius 3 is 2.50 bits per heavy atom. The first-order valence-electron chi connectivity index (χ1n) is 4.78. The number of hydrogen-bond acceptors (Lipinski definition) is 2. The highest BCUT2D eigenvalue weighted by Crippen LogP contribution is 2.25. The molecule has 3 nitrogen and oxygen atoms in total. The average Bonchev–Trinajstić information content (AvgIpc) is 2.59. The summed E-state index contributed by atoms with van der Waals surface area (Å²) in [5.74, 6) is 0. The van der Waals surface area contributed by atoms with Crippen LogP contribution in [0.4, 0.5) is 0 Å². The molecule has 16 heavy (non-hydrogen) atoms. The monoisotopic (exact) mass is 347 g/mol. The van der Waals surface area contributed by atoms with Gasteiger partial charge in [-0.05, 0) is 40.3 Å². The largest absolute Gasteiger partial charge is 0.319 e. The van der Waals surface area contributed by atoms with E-state index in [0.29, 0.717) is 5.02 Å². The molecule has 1 heterocycles. The molecular weight excluding hydrogens is 336 g/mol. The van der Waals surface area contributed by atoms with Crippen LogP contribution in [0.15, 0.2) is 30.5 Å². The van der Waals surface area contributed by atoms with E-state index in [0.717, 1.165) is 11.3 Å². The van der Waals surface area contributed by atoms with Gasteiger partial charge in [-0.1, -0.05) is 23.7 Å². The highest BCUT2D eigenvalue weighted by Gasteiger charge is 2.16. The van der Waals surface area contributed by atoms with Crippen molar-refractivity contribution in [2.24, 2.45) is 12.8 Å². The molecule has 0 fully saturated rings. The number of halogens is 2. The molecule has 2 N–H and O–H groups in total. The minimum Gasteiger partial charge on any atom is -0.319 e. The van der Waals surface area contributed by atoms with Gasteiger partial charge in [0.25, 0.3) is 0 Å². The van der Waals surface area contributed by atoms with Gasteiger partial charge in [0.05, 0.1) is 23.0 Å². The molecule has 2 rings (SSSR count). The summed E-state index contributed by atoms with van der Waals surface area (Å²) in [4.78, 5) is 0. The summed E-state index contributed by atoms with van der Waals surface area (Å²) in [6, 6.07) is 7.84. The Labute approximate surface area is 113 Å². The van der Waals surface area contributed by atoms with Gasteiger partial charge in [0.1, 0.15) is 0 Å². The lowest BCUT2D eigenvalue weighted by Crippen LogP contribution is -2.16. The summed E-state index contributed by atoms with van der Waals surface area (Å²) in [7, 11) is 1.84. The summed E-state index contributed by atoms with van der Waals surface area (Å²) in [5, 5.41) is 4.69. The van der Waals surface area contributed by atoms with E-state index in [4.69, 9.17) is 17.3 Å². The first-order valence-corrected chi connectivity index (χ1v) is 6.23. The van der Waals surface area contributed by atoms with Crippen LogP contribution in [-0.2, 0) is 7.05 Å². The number of benzene rings is 1. The Morgan fingerprint density at radius 2 is 2.00 bits per heavy atom. The van der Waals surface area contributed by atoms with E-state index in [1.54, 1.807) is 10.9 Å². The maximum atomic E-state index is 6.16. The van der Waals surface area contributed by atoms with E-state index >= 15 is 0 Å². The van der Waals surface area contributed by atoms with E-state index < -0.39 is 0 Å². The number of rotatable bonds is 2. The molecule has 0 bridgehead atoms.